The molecule has 3 heteroatoms. The number of piperazine rings is 1. The molecule has 0 aromatic heterocycles. The summed E-state index contributed by atoms with van der Waals surface area (Å²) in [6.07, 6.45) is 5.07. The molecule has 0 bridgehead atoms. The van der Waals surface area contributed by atoms with E-state index >= 15 is 0 Å². The van der Waals surface area contributed by atoms with Crippen LogP contribution in [0.15, 0.2) is 30.3 Å². The third-order valence-corrected chi connectivity index (χ3v) is 6.90. The number of rotatable bonds is 9. The Balaban J connectivity index is 1.37. The van der Waals surface area contributed by atoms with E-state index in [1.54, 1.807) is 0 Å². The Morgan fingerprint density at radius 2 is 1.73 bits per heavy atom. The zero-order valence-corrected chi connectivity index (χ0v) is 17.1. The lowest BCUT2D eigenvalue weighted by Gasteiger charge is -2.54. The lowest BCUT2D eigenvalue weighted by molar-refractivity contribution is -0.0567. The second kappa shape index (κ2) is 9.23. The van der Waals surface area contributed by atoms with Gasteiger partial charge in [0.25, 0.3) is 0 Å². The van der Waals surface area contributed by atoms with E-state index in [0.717, 1.165) is 38.1 Å². The third-order valence-electron chi connectivity index (χ3n) is 6.90. The van der Waals surface area contributed by atoms with E-state index in [9.17, 15) is 0 Å². The molecule has 3 rings (SSSR count). The van der Waals surface area contributed by atoms with Crippen molar-refractivity contribution in [3.63, 3.8) is 0 Å². The highest BCUT2D eigenvalue weighted by Gasteiger charge is 2.47. The Morgan fingerprint density at radius 1 is 1.00 bits per heavy atom. The van der Waals surface area contributed by atoms with Crippen LogP contribution in [0.25, 0.3) is 0 Å². The topological polar surface area (TPSA) is 15.7 Å². The van der Waals surface area contributed by atoms with Crippen molar-refractivity contribution in [2.24, 2.45) is 17.3 Å². The lowest BCUT2D eigenvalue weighted by Crippen LogP contribution is -2.54. The van der Waals surface area contributed by atoms with E-state index in [-0.39, 0.29) is 0 Å². The van der Waals surface area contributed by atoms with Gasteiger partial charge in [0.05, 0.1) is 0 Å². The van der Waals surface area contributed by atoms with Gasteiger partial charge in [-0.2, -0.15) is 0 Å². The number of para-hydroxylation sites is 1. The molecule has 1 saturated carbocycles. The van der Waals surface area contributed by atoms with Crippen molar-refractivity contribution in [3.8, 4) is 0 Å². The van der Waals surface area contributed by atoms with Crippen LogP contribution in [0, 0.1) is 17.3 Å². The highest BCUT2D eigenvalue weighted by Crippen LogP contribution is 2.53. The second-order valence-corrected chi connectivity index (χ2v) is 8.83. The van der Waals surface area contributed by atoms with E-state index in [1.165, 1.54) is 51.0 Å². The molecule has 0 N–H and O–H groups in total. The molecule has 1 aromatic rings. The highest BCUT2D eigenvalue weighted by molar-refractivity contribution is 5.46. The monoisotopic (exact) mass is 358 g/mol. The van der Waals surface area contributed by atoms with Crippen LogP contribution in [0.3, 0.4) is 0 Å². The molecule has 3 nitrogen and oxygen atoms in total. The quantitative estimate of drug-likeness (QED) is 0.596. The van der Waals surface area contributed by atoms with Crippen LogP contribution in [0.1, 0.15) is 46.5 Å². The van der Waals surface area contributed by atoms with Gasteiger partial charge in [0.15, 0.2) is 0 Å². The van der Waals surface area contributed by atoms with Crippen molar-refractivity contribution in [3.05, 3.63) is 30.3 Å². The van der Waals surface area contributed by atoms with Gasteiger partial charge in [-0.15, -0.1) is 0 Å². The van der Waals surface area contributed by atoms with Crippen molar-refractivity contribution in [1.82, 2.24) is 4.90 Å². The maximum absolute atomic E-state index is 5.80. The fourth-order valence-corrected chi connectivity index (χ4v) is 4.64. The van der Waals surface area contributed by atoms with Gasteiger partial charge in [0.2, 0.25) is 0 Å². The van der Waals surface area contributed by atoms with E-state index in [1.807, 2.05) is 0 Å². The van der Waals surface area contributed by atoms with Crippen LogP contribution in [-0.4, -0.2) is 50.8 Å². The van der Waals surface area contributed by atoms with Gasteiger partial charge in [-0.1, -0.05) is 45.4 Å². The number of anilines is 1. The van der Waals surface area contributed by atoms with Gasteiger partial charge in [0.1, 0.15) is 0 Å². The molecule has 0 radical (unpaired) electrons. The molecule has 1 saturated heterocycles. The van der Waals surface area contributed by atoms with Crippen LogP contribution in [0.2, 0.25) is 0 Å². The summed E-state index contributed by atoms with van der Waals surface area (Å²) in [6, 6.07) is 10.9. The second-order valence-electron chi connectivity index (χ2n) is 8.83. The molecule has 1 aliphatic heterocycles. The zero-order chi connectivity index (χ0) is 18.4. The summed E-state index contributed by atoms with van der Waals surface area (Å²) in [5.74, 6) is 1.70. The first-order valence-electron chi connectivity index (χ1n) is 10.7. The minimum Gasteiger partial charge on any atom is -0.381 e. The average molecular weight is 359 g/mol. The Kier molecular flexibility index (Phi) is 6.99. The number of ether oxygens (including phenoxy) is 1. The fraction of sp³-hybridized carbons (Fsp3) is 0.739. The van der Waals surface area contributed by atoms with Crippen molar-refractivity contribution < 1.29 is 4.74 Å². The Bertz CT molecular complexity index is 522. The summed E-state index contributed by atoms with van der Waals surface area (Å²) in [7, 11) is 0. The largest absolute Gasteiger partial charge is 0.381 e. The summed E-state index contributed by atoms with van der Waals surface area (Å²) in [4.78, 5) is 5.22. The first kappa shape index (κ1) is 19.7. The molecule has 0 amide bonds. The fourth-order valence-electron chi connectivity index (χ4n) is 4.64. The number of nitrogens with zero attached hydrogens (tertiary/aromatic N) is 2. The SMILES string of the molecule is CCCCOCC[C@H]1C[C@@H](CN2CCN(c3ccccc3)CC2)C1(C)C. The summed E-state index contributed by atoms with van der Waals surface area (Å²) < 4.78 is 5.80. The van der Waals surface area contributed by atoms with Crippen LogP contribution in [-0.2, 0) is 4.74 Å². The molecule has 1 aromatic carbocycles. The summed E-state index contributed by atoms with van der Waals surface area (Å²) in [5.41, 5.74) is 1.85. The van der Waals surface area contributed by atoms with E-state index in [2.05, 4.69) is 60.9 Å². The number of hydrogen-bond acceptors (Lipinski definition) is 3. The number of benzene rings is 1. The Morgan fingerprint density at radius 3 is 2.38 bits per heavy atom. The number of unbranched alkanes of at least 4 members (excludes halogenated alkanes) is 1. The van der Waals surface area contributed by atoms with E-state index in [4.69, 9.17) is 4.74 Å². The normalized spacial score (nSPS) is 25.9. The highest BCUT2D eigenvalue weighted by atomic mass is 16.5. The Labute approximate surface area is 160 Å². The van der Waals surface area contributed by atoms with E-state index < -0.39 is 0 Å². The van der Waals surface area contributed by atoms with Gasteiger partial charge in [-0.3, -0.25) is 4.90 Å². The molecule has 2 aliphatic rings. The lowest BCUT2D eigenvalue weighted by atomic mass is 9.53. The Hall–Kier alpha value is -1.06. The molecule has 0 spiro atoms. The minimum absolute atomic E-state index is 0.477. The molecular weight excluding hydrogens is 320 g/mol. The van der Waals surface area contributed by atoms with Gasteiger partial charge < -0.3 is 9.64 Å². The molecule has 1 aliphatic carbocycles. The summed E-state index contributed by atoms with van der Waals surface area (Å²) in [5, 5.41) is 0. The van der Waals surface area contributed by atoms with Crippen LogP contribution in [0.5, 0.6) is 0 Å². The molecular formula is C23H38N2O. The maximum atomic E-state index is 5.80. The predicted octanol–water partition coefficient (Wildman–Crippen LogP) is 4.68. The molecule has 2 fully saturated rings. The van der Waals surface area contributed by atoms with E-state index in [0.29, 0.717) is 5.41 Å². The van der Waals surface area contributed by atoms with Crippen LogP contribution in [0.4, 0.5) is 5.69 Å². The molecule has 26 heavy (non-hydrogen) atoms. The first-order valence-corrected chi connectivity index (χ1v) is 10.7. The van der Waals surface area contributed by atoms with Crippen LogP contribution >= 0.6 is 0 Å². The average Bonchev–Trinajstić information content (AvgIpc) is 2.67. The summed E-state index contributed by atoms with van der Waals surface area (Å²) in [6.45, 7) is 15.1. The third kappa shape index (κ3) is 4.80. The van der Waals surface area contributed by atoms with Gasteiger partial charge in [-0.25, -0.2) is 0 Å². The molecule has 146 valence electrons. The van der Waals surface area contributed by atoms with Gasteiger partial charge in [0, 0.05) is 51.6 Å². The van der Waals surface area contributed by atoms with Crippen molar-refractivity contribution in [2.75, 3.05) is 50.8 Å². The number of hydrogen-bond donors (Lipinski definition) is 0. The van der Waals surface area contributed by atoms with Crippen molar-refractivity contribution in [2.45, 2.75) is 46.5 Å². The molecule has 1 heterocycles. The van der Waals surface area contributed by atoms with Gasteiger partial charge >= 0.3 is 0 Å². The molecule has 2 atom stereocenters. The first-order chi connectivity index (χ1) is 12.6. The smallest absolute Gasteiger partial charge is 0.0468 e. The standard InChI is InChI=1S/C23H38N2O/c1-4-5-16-26-17-11-20-18-21(23(20,2)3)19-24-12-14-25(15-13-24)22-9-7-6-8-10-22/h6-10,20-21H,4-5,11-19H2,1-3H3/t20-,21-/m0/s1. The van der Waals surface area contributed by atoms with Crippen molar-refractivity contribution in [1.29, 1.82) is 0 Å². The maximum Gasteiger partial charge on any atom is 0.0468 e. The zero-order valence-electron chi connectivity index (χ0n) is 17.1. The minimum atomic E-state index is 0.477. The molecule has 0 unspecified atom stereocenters. The predicted molar refractivity (Wildman–Crippen MR) is 111 cm³/mol. The summed E-state index contributed by atoms with van der Waals surface area (Å²) >= 11 is 0. The van der Waals surface area contributed by atoms with Crippen molar-refractivity contribution >= 4 is 5.69 Å². The van der Waals surface area contributed by atoms with Crippen LogP contribution < -0.4 is 4.90 Å². The van der Waals surface area contributed by atoms with Gasteiger partial charge in [-0.05, 0) is 48.6 Å².